The van der Waals surface area contributed by atoms with Crippen LogP contribution in [-0.2, 0) is 38.5 Å². The Morgan fingerprint density at radius 1 is 0.891 bits per heavy atom. The molecule has 0 saturated carbocycles. The van der Waals surface area contributed by atoms with Gasteiger partial charge in [-0.15, -0.1) is 6.58 Å². The van der Waals surface area contributed by atoms with E-state index in [1.807, 2.05) is 60.7 Å². The van der Waals surface area contributed by atoms with E-state index < -0.39 is 24.2 Å². The number of anilines is 1. The lowest BCUT2D eigenvalue weighted by Crippen LogP contribution is -2.53. The number of aliphatic hydroxyl groups is 1. The first kappa shape index (κ1) is 38.6. The number of methoxy groups -OCH3 is 2. The van der Waals surface area contributed by atoms with E-state index in [9.17, 15) is 19.5 Å². The highest BCUT2D eigenvalue weighted by atomic mass is 16.5. The second kappa shape index (κ2) is 17.8. The summed E-state index contributed by atoms with van der Waals surface area (Å²) in [4.78, 5) is 45.8. The third-order valence-corrected chi connectivity index (χ3v) is 9.62. The van der Waals surface area contributed by atoms with Crippen molar-refractivity contribution in [3.63, 3.8) is 0 Å². The monoisotopic (exact) mass is 746 g/mol. The topological polar surface area (TPSA) is 128 Å². The number of ether oxygens (including phenoxy) is 4. The van der Waals surface area contributed by atoms with Gasteiger partial charge in [-0.05, 0) is 65.7 Å². The van der Waals surface area contributed by atoms with E-state index in [4.69, 9.17) is 23.4 Å². The molecule has 2 amide bonds. The predicted octanol–water partition coefficient (Wildman–Crippen LogP) is 6.99. The van der Waals surface area contributed by atoms with E-state index in [-0.39, 0.29) is 50.8 Å². The molecule has 0 radical (unpaired) electrons. The SMILES string of the molecule is C=CCC(OC(C)=O)[C@@H]1[C@@H](N(Cc2cc3ccccc3o2)C(=O)Cc2ccc(OC)cc2)c2cc(OCCCO)ccc2N1C(=O)Cc1ccc(OC)cc1. The number of esters is 1. The Morgan fingerprint density at radius 3 is 2.16 bits per heavy atom. The van der Waals surface area contributed by atoms with Gasteiger partial charge in [0.25, 0.3) is 0 Å². The molecule has 286 valence electrons. The van der Waals surface area contributed by atoms with E-state index in [0.29, 0.717) is 46.3 Å². The van der Waals surface area contributed by atoms with Crippen LogP contribution in [0.2, 0.25) is 0 Å². The Kier molecular flexibility index (Phi) is 12.5. The molecule has 11 nitrogen and oxygen atoms in total. The molecule has 1 aliphatic heterocycles. The molecular weight excluding hydrogens is 700 g/mol. The number of amides is 2. The lowest BCUT2D eigenvalue weighted by Gasteiger charge is -2.39. The number of carbonyl (C=O) groups excluding carboxylic acids is 3. The molecule has 1 unspecified atom stereocenters. The number of hydrogen-bond acceptors (Lipinski definition) is 9. The minimum atomic E-state index is -0.891. The summed E-state index contributed by atoms with van der Waals surface area (Å²) < 4.78 is 29.1. The summed E-state index contributed by atoms with van der Waals surface area (Å²) in [6.07, 6.45) is 1.42. The number of hydrogen-bond donors (Lipinski definition) is 1. The van der Waals surface area contributed by atoms with Crippen LogP contribution in [0.3, 0.4) is 0 Å². The number of rotatable bonds is 17. The fourth-order valence-corrected chi connectivity index (χ4v) is 7.12. The molecular formula is C44H46N2O9. The quantitative estimate of drug-likeness (QED) is 0.0609. The average Bonchev–Trinajstić information content (AvgIpc) is 3.76. The summed E-state index contributed by atoms with van der Waals surface area (Å²) in [6, 6.07) is 27.7. The Morgan fingerprint density at radius 2 is 1.55 bits per heavy atom. The van der Waals surface area contributed by atoms with Crippen LogP contribution < -0.4 is 19.1 Å². The molecule has 3 atom stereocenters. The van der Waals surface area contributed by atoms with E-state index in [1.165, 1.54) is 6.92 Å². The van der Waals surface area contributed by atoms with Gasteiger partial charge in [-0.25, -0.2) is 0 Å². The number of nitrogens with zero attached hydrogens (tertiary/aromatic N) is 2. The van der Waals surface area contributed by atoms with Crippen LogP contribution in [0.1, 0.15) is 48.3 Å². The summed E-state index contributed by atoms with van der Waals surface area (Å²) in [5.41, 5.74) is 3.36. The predicted molar refractivity (Wildman–Crippen MR) is 208 cm³/mol. The highest BCUT2D eigenvalue weighted by molar-refractivity contribution is 5.99. The van der Waals surface area contributed by atoms with E-state index in [0.717, 1.165) is 16.5 Å². The average molecular weight is 747 g/mol. The summed E-state index contributed by atoms with van der Waals surface area (Å²) in [5.74, 6) is 1.31. The van der Waals surface area contributed by atoms with Crippen molar-refractivity contribution in [1.82, 2.24) is 4.90 Å². The van der Waals surface area contributed by atoms with Gasteiger partial charge in [0.05, 0.1) is 52.3 Å². The van der Waals surface area contributed by atoms with Gasteiger partial charge in [-0.2, -0.15) is 0 Å². The Bertz CT molecular complexity index is 2080. The van der Waals surface area contributed by atoms with Crippen molar-refractivity contribution in [3.05, 3.63) is 132 Å². The number of carbonyl (C=O) groups is 3. The molecule has 1 N–H and O–H groups in total. The van der Waals surface area contributed by atoms with Gasteiger partial charge in [0.2, 0.25) is 11.8 Å². The molecule has 11 heteroatoms. The zero-order chi connectivity index (χ0) is 38.9. The Labute approximate surface area is 320 Å². The molecule has 6 rings (SSSR count). The maximum Gasteiger partial charge on any atom is 0.302 e. The molecule has 1 aliphatic rings. The summed E-state index contributed by atoms with van der Waals surface area (Å²) in [7, 11) is 3.16. The molecule has 0 spiro atoms. The molecule has 4 aromatic carbocycles. The minimum absolute atomic E-state index is 0.0195. The maximum atomic E-state index is 14.9. The van der Waals surface area contributed by atoms with Crippen LogP contribution in [0.4, 0.5) is 5.69 Å². The van der Waals surface area contributed by atoms with Crippen molar-refractivity contribution in [1.29, 1.82) is 0 Å². The van der Waals surface area contributed by atoms with Crippen LogP contribution >= 0.6 is 0 Å². The summed E-state index contributed by atoms with van der Waals surface area (Å²) in [6.45, 7) is 5.54. The van der Waals surface area contributed by atoms with Gasteiger partial charge in [0, 0.05) is 43.0 Å². The number of furan rings is 1. The van der Waals surface area contributed by atoms with Crippen molar-refractivity contribution < 1.29 is 42.9 Å². The standard InChI is InChI=1S/C44H46N2O9/c1-5-9-40(54-29(2)48)44-43(45(28-36-26-32-10-6-7-11-39(32)55-36)41(49)24-30-12-16-33(51-3)17-13-30)37-27-35(53-23-8-22-47)20-21-38(37)46(44)42(50)25-31-14-18-34(52-4)19-15-31/h5-7,10-21,26-27,40,43-44,47H,1,8-9,22-25,28H2,2-4H3/t40?,43-,44+/m0/s1. The second-order valence-electron chi connectivity index (χ2n) is 13.3. The molecule has 1 aromatic heterocycles. The Hall–Kier alpha value is -6.07. The van der Waals surface area contributed by atoms with Crippen LogP contribution in [0.15, 0.2) is 114 Å². The van der Waals surface area contributed by atoms with E-state index in [1.54, 1.807) is 66.5 Å². The van der Waals surface area contributed by atoms with Crippen LogP contribution in [0.5, 0.6) is 17.2 Å². The number of para-hydroxylation sites is 1. The lowest BCUT2D eigenvalue weighted by atomic mass is 9.94. The van der Waals surface area contributed by atoms with Gasteiger partial charge in [-0.3, -0.25) is 14.4 Å². The third-order valence-electron chi connectivity index (χ3n) is 9.62. The third kappa shape index (κ3) is 9.01. The van der Waals surface area contributed by atoms with Gasteiger partial charge < -0.3 is 38.3 Å². The number of benzene rings is 4. The number of fused-ring (bicyclic) bond motifs is 2. The molecule has 0 saturated heterocycles. The van der Waals surface area contributed by atoms with Crippen molar-refractivity contribution in [2.45, 2.75) is 57.3 Å². The molecule has 55 heavy (non-hydrogen) atoms. The molecule has 0 fully saturated rings. The molecule has 0 bridgehead atoms. The van der Waals surface area contributed by atoms with Crippen molar-refractivity contribution in [2.24, 2.45) is 0 Å². The van der Waals surface area contributed by atoms with Crippen LogP contribution in [0.25, 0.3) is 11.0 Å². The first-order valence-corrected chi connectivity index (χ1v) is 18.2. The fourth-order valence-electron chi connectivity index (χ4n) is 7.12. The minimum Gasteiger partial charge on any atom is -0.497 e. The summed E-state index contributed by atoms with van der Waals surface area (Å²) >= 11 is 0. The number of aliphatic hydroxyl groups excluding tert-OH is 1. The molecule has 0 aliphatic carbocycles. The van der Waals surface area contributed by atoms with Crippen molar-refractivity contribution in [2.75, 3.05) is 32.3 Å². The first-order chi connectivity index (χ1) is 26.7. The fraction of sp³-hybridized carbons (Fsp3) is 0.295. The van der Waals surface area contributed by atoms with Gasteiger partial charge in [0.1, 0.15) is 34.7 Å². The van der Waals surface area contributed by atoms with E-state index >= 15 is 0 Å². The molecule has 2 heterocycles. The first-order valence-electron chi connectivity index (χ1n) is 18.2. The van der Waals surface area contributed by atoms with E-state index in [2.05, 4.69) is 6.58 Å². The van der Waals surface area contributed by atoms with Crippen LogP contribution in [-0.4, -0.2) is 67.4 Å². The summed E-state index contributed by atoms with van der Waals surface area (Å²) in [5, 5.41) is 10.3. The van der Waals surface area contributed by atoms with Gasteiger partial charge >= 0.3 is 5.97 Å². The van der Waals surface area contributed by atoms with Gasteiger partial charge in [0.15, 0.2) is 0 Å². The maximum absolute atomic E-state index is 14.9. The lowest BCUT2D eigenvalue weighted by molar-refractivity contribution is -0.149. The molecule has 5 aromatic rings. The second-order valence-corrected chi connectivity index (χ2v) is 13.3. The largest absolute Gasteiger partial charge is 0.497 e. The normalized spacial score (nSPS) is 15.2. The zero-order valence-electron chi connectivity index (χ0n) is 31.3. The van der Waals surface area contributed by atoms with Gasteiger partial charge in [-0.1, -0.05) is 48.5 Å². The smallest absolute Gasteiger partial charge is 0.302 e. The highest BCUT2D eigenvalue weighted by Crippen LogP contribution is 2.48. The zero-order valence-corrected chi connectivity index (χ0v) is 31.3. The highest BCUT2D eigenvalue weighted by Gasteiger charge is 2.50. The Balaban J connectivity index is 1.52. The van der Waals surface area contributed by atoms with Crippen molar-refractivity contribution in [3.8, 4) is 17.2 Å². The van der Waals surface area contributed by atoms with Crippen LogP contribution in [0, 0.1) is 0 Å². The van der Waals surface area contributed by atoms with Crippen molar-refractivity contribution >= 4 is 34.4 Å².